The lowest BCUT2D eigenvalue weighted by molar-refractivity contribution is -0.108. The van der Waals surface area contributed by atoms with Crippen molar-refractivity contribution in [2.24, 2.45) is 0 Å². The van der Waals surface area contributed by atoms with Crippen LogP contribution in [0, 0.1) is 0 Å². The van der Waals surface area contributed by atoms with Gasteiger partial charge in [-0.3, -0.25) is 10.6 Å². The van der Waals surface area contributed by atoms with Gasteiger partial charge in [0.1, 0.15) is 6.29 Å². The summed E-state index contributed by atoms with van der Waals surface area (Å²) in [5.74, 6) is 0. The molecule has 0 fully saturated rings. The van der Waals surface area contributed by atoms with Crippen LogP contribution in [0.15, 0.2) is 0 Å². The first-order chi connectivity index (χ1) is 8.54. The number of nitrogens with zero attached hydrogens (tertiary/aromatic N) is 1. The number of carbonyl (C=O) groups is 4. The van der Waals surface area contributed by atoms with E-state index in [1.165, 1.54) is 11.9 Å². The van der Waals surface area contributed by atoms with Gasteiger partial charge in [-0.2, -0.15) is 0 Å². The van der Waals surface area contributed by atoms with Crippen LogP contribution in [0.1, 0.15) is 19.8 Å². The quantitative estimate of drug-likeness (QED) is 0.605. The predicted molar refractivity (Wildman–Crippen MR) is 64.1 cm³/mol. The maximum atomic E-state index is 11.6. The van der Waals surface area contributed by atoms with E-state index in [0.717, 1.165) is 12.8 Å². The molecule has 0 saturated heterocycles. The third kappa shape index (κ3) is 6.46. The van der Waals surface area contributed by atoms with Crippen molar-refractivity contribution in [2.45, 2.75) is 19.8 Å². The Labute approximate surface area is 105 Å². The molecule has 0 heterocycles. The van der Waals surface area contributed by atoms with Crippen molar-refractivity contribution in [1.29, 1.82) is 0 Å². The SMILES string of the molecule is CCCCN(CC=O)C(=O)NC(=O)NC(=O)NC. The molecule has 102 valence electrons. The zero-order chi connectivity index (χ0) is 14.0. The summed E-state index contributed by atoms with van der Waals surface area (Å²) in [4.78, 5) is 45.2. The Balaban J connectivity index is 4.27. The first-order valence-electron chi connectivity index (χ1n) is 5.57. The van der Waals surface area contributed by atoms with Crippen LogP contribution in [-0.4, -0.2) is 49.4 Å². The molecule has 8 nitrogen and oxygen atoms in total. The Morgan fingerprint density at radius 2 is 1.83 bits per heavy atom. The van der Waals surface area contributed by atoms with Crippen molar-refractivity contribution in [3.63, 3.8) is 0 Å². The summed E-state index contributed by atoms with van der Waals surface area (Å²) in [6, 6.07) is -2.38. The van der Waals surface area contributed by atoms with Crippen LogP contribution in [-0.2, 0) is 4.79 Å². The van der Waals surface area contributed by atoms with E-state index in [1.807, 2.05) is 17.6 Å². The topological polar surface area (TPSA) is 108 Å². The fourth-order valence-electron chi connectivity index (χ4n) is 1.09. The summed E-state index contributed by atoms with van der Waals surface area (Å²) < 4.78 is 0. The molecule has 0 rings (SSSR count). The number of imide groups is 2. The minimum Gasteiger partial charge on any atom is -0.341 e. The van der Waals surface area contributed by atoms with Gasteiger partial charge in [-0.15, -0.1) is 0 Å². The molecule has 0 aromatic rings. The zero-order valence-electron chi connectivity index (χ0n) is 10.5. The van der Waals surface area contributed by atoms with Crippen molar-refractivity contribution < 1.29 is 19.2 Å². The molecule has 0 atom stereocenters. The molecule has 0 unspecified atom stereocenters. The van der Waals surface area contributed by atoms with Gasteiger partial charge >= 0.3 is 18.1 Å². The number of carbonyl (C=O) groups excluding carboxylic acids is 4. The minimum atomic E-state index is -0.938. The van der Waals surface area contributed by atoms with Gasteiger partial charge in [-0.25, -0.2) is 14.4 Å². The highest BCUT2D eigenvalue weighted by molar-refractivity contribution is 6.01. The lowest BCUT2D eigenvalue weighted by atomic mass is 10.3. The van der Waals surface area contributed by atoms with E-state index in [1.54, 1.807) is 0 Å². The van der Waals surface area contributed by atoms with E-state index in [-0.39, 0.29) is 6.54 Å². The lowest BCUT2D eigenvalue weighted by Crippen LogP contribution is -2.50. The van der Waals surface area contributed by atoms with Gasteiger partial charge in [0.15, 0.2) is 0 Å². The average Bonchev–Trinajstić information content (AvgIpc) is 2.33. The monoisotopic (exact) mass is 258 g/mol. The average molecular weight is 258 g/mol. The molecular weight excluding hydrogens is 240 g/mol. The second-order valence-corrected chi connectivity index (χ2v) is 3.43. The summed E-state index contributed by atoms with van der Waals surface area (Å²) in [5, 5.41) is 6.00. The molecule has 0 radical (unpaired) electrons. The highest BCUT2D eigenvalue weighted by atomic mass is 16.2. The van der Waals surface area contributed by atoms with Crippen LogP contribution in [0.5, 0.6) is 0 Å². The predicted octanol–water partition coefficient (Wildman–Crippen LogP) is 0.0460. The lowest BCUT2D eigenvalue weighted by Gasteiger charge is -2.19. The van der Waals surface area contributed by atoms with Crippen molar-refractivity contribution in [2.75, 3.05) is 20.1 Å². The Hall–Kier alpha value is -2.12. The van der Waals surface area contributed by atoms with Crippen molar-refractivity contribution in [1.82, 2.24) is 20.9 Å². The zero-order valence-corrected chi connectivity index (χ0v) is 10.5. The van der Waals surface area contributed by atoms with Crippen molar-refractivity contribution in [3.8, 4) is 0 Å². The first kappa shape index (κ1) is 15.9. The number of amides is 6. The molecule has 0 bridgehead atoms. The second kappa shape index (κ2) is 8.97. The van der Waals surface area contributed by atoms with E-state index in [0.29, 0.717) is 12.8 Å². The van der Waals surface area contributed by atoms with E-state index < -0.39 is 18.1 Å². The van der Waals surface area contributed by atoms with Gasteiger partial charge in [-0.05, 0) is 6.42 Å². The number of aldehydes is 1. The summed E-state index contributed by atoms with van der Waals surface area (Å²) in [7, 11) is 1.34. The molecule has 0 aromatic heterocycles. The van der Waals surface area contributed by atoms with E-state index in [4.69, 9.17) is 0 Å². The Morgan fingerprint density at radius 1 is 1.17 bits per heavy atom. The Kier molecular flexibility index (Phi) is 7.91. The van der Waals surface area contributed by atoms with Crippen LogP contribution in [0.25, 0.3) is 0 Å². The van der Waals surface area contributed by atoms with E-state index in [2.05, 4.69) is 5.32 Å². The molecule has 6 amide bonds. The van der Waals surface area contributed by atoms with Gasteiger partial charge in [0.05, 0.1) is 6.54 Å². The molecule has 0 aliphatic heterocycles. The van der Waals surface area contributed by atoms with Crippen molar-refractivity contribution >= 4 is 24.4 Å². The number of urea groups is 3. The summed E-state index contributed by atoms with van der Waals surface area (Å²) in [6.45, 7) is 2.21. The van der Waals surface area contributed by atoms with Crippen molar-refractivity contribution in [3.05, 3.63) is 0 Å². The smallest absolute Gasteiger partial charge is 0.330 e. The van der Waals surface area contributed by atoms with Gasteiger partial charge in [0, 0.05) is 13.6 Å². The van der Waals surface area contributed by atoms with Crippen LogP contribution < -0.4 is 16.0 Å². The number of hydrogen-bond donors (Lipinski definition) is 3. The van der Waals surface area contributed by atoms with Gasteiger partial charge in [0.2, 0.25) is 0 Å². The summed E-state index contributed by atoms with van der Waals surface area (Å²) in [6.07, 6.45) is 2.15. The fraction of sp³-hybridized carbons (Fsp3) is 0.600. The molecule has 0 spiro atoms. The highest BCUT2D eigenvalue weighted by Crippen LogP contribution is 1.94. The van der Waals surface area contributed by atoms with Gasteiger partial charge < -0.3 is 15.0 Å². The molecule has 0 aliphatic carbocycles. The third-order valence-electron chi connectivity index (χ3n) is 2.04. The Bertz CT molecular complexity index is 319. The first-order valence-corrected chi connectivity index (χ1v) is 5.57. The number of unbranched alkanes of at least 4 members (excludes halogenated alkanes) is 1. The maximum absolute atomic E-state index is 11.6. The fourth-order valence-corrected chi connectivity index (χ4v) is 1.09. The molecule has 0 aliphatic rings. The largest absolute Gasteiger partial charge is 0.341 e. The minimum absolute atomic E-state index is 0.0981. The number of rotatable bonds is 5. The van der Waals surface area contributed by atoms with E-state index in [9.17, 15) is 19.2 Å². The highest BCUT2D eigenvalue weighted by Gasteiger charge is 2.16. The number of hydrogen-bond acceptors (Lipinski definition) is 4. The Morgan fingerprint density at radius 3 is 2.33 bits per heavy atom. The van der Waals surface area contributed by atoms with Crippen LogP contribution in [0.4, 0.5) is 14.4 Å². The van der Waals surface area contributed by atoms with Gasteiger partial charge in [-0.1, -0.05) is 13.3 Å². The van der Waals surface area contributed by atoms with Crippen LogP contribution in [0.3, 0.4) is 0 Å². The van der Waals surface area contributed by atoms with Crippen LogP contribution >= 0.6 is 0 Å². The number of nitrogens with one attached hydrogen (secondary N) is 3. The van der Waals surface area contributed by atoms with Gasteiger partial charge in [0.25, 0.3) is 0 Å². The standard InChI is InChI=1S/C10H18N4O4/c1-3-4-5-14(6-7-15)10(18)13-9(17)12-8(16)11-2/h7H,3-6H2,1-2H3,(H3,11,12,13,16,17,18). The second-order valence-electron chi connectivity index (χ2n) is 3.43. The normalized spacial score (nSPS) is 9.22. The van der Waals surface area contributed by atoms with Crippen LogP contribution in [0.2, 0.25) is 0 Å². The molecule has 0 aromatic carbocycles. The molecule has 8 heteroatoms. The maximum Gasteiger partial charge on any atom is 0.330 e. The third-order valence-corrected chi connectivity index (χ3v) is 2.04. The molecule has 18 heavy (non-hydrogen) atoms. The molecule has 0 saturated carbocycles. The molecule has 3 N–H and O–H groups in total. The summed E-state index contributed by atoms with van der Waals surface area (Å²) in [5.41, 5.74) is 0. The molecular formula is C10H18N4O4. The van der Waals surface area contributed by atoms with E-state index >= 15 is 0 Å². The summed E-state index contributed by atoms with van der Waals surface area (Å²) >= 11 is 0.